The molecule has 0 bridgehead atoms. The summed E-state index contributed by atoms with van der Waals surface area (Å²) in [6.07, 6.45) is 1.82. The average molecular weight is 262 g/mol. The molecule has 2 rings (SSSR count). The molecule has 1 unspecified atom stereocenters. The number of thiazole rings is 1. The van der Waals surface area contributed by atoms with E-state index in [1.807, 2.05) is 26.1 Å². The van der Waals surface area contributed by atoms with Crippen LogP contribution in [-0.4, -0.2) is 16.1 Å². The number of carboxylic acid groups (broad SMARTS) is 1. The minimum absolute atomic E-state index is 0.111. The van der Waals surface area contributed by atoms with Gasteiger partial charge in [-0.15, -0.1) is 11.3 Å². The first-order chi connectivity index (χ1) is 8.59. The standard InChI is InChI=1S/C13H14N2O2S/c1-8-10(13(16)17)4-3-5-11(8)15-9(2)12-6-14-7-18-12/h3-7,9,15H,1-2H3,(H,16,17). The minimum Gasteiger partial charge on any atom is -0.478 e. The second kappa shape index (κ2) is 5.18. The topological polar surface area (TPSA) is 62.2 Å². The van der Waals surface area contributed by atoms with Gasteiger partial charge in [0.25, 0.3) is 0 Å². The maximum atomic E-state index is 11.1. The van der Waals surface area contributed by atoms with Gasteiger partial charge < -0.3 is 10.4 Å². The molecule has 18 heavy (non-hydrogen) atoms. The van der Waals surface area contributed by atoms with Crippen molar-refractivity contribution in [3.8, 4) is 0 Å². The molecule has 2 N–H and O–H groups in total. The summed E-state index contributed by atoms with van der Waals surface area (Å²) in [5.74, 6) is -0.901. The number of anilines is 1. The molecule has 0 aliphatic heterocycles. The molecular weight excluding hydrogens is 248 g/mol. The first-order valence-electron chi connectivity index (χ1n) is 5.57. The van der Waals surface area contributed by atoms with E-state index in [4.69, 9.17) is 5.11 Å². The number of rotatable bonds is 4. The Morgan fingerprint density at radius 3 is 2.89 bits per heavy atom. The molecule has 2 aromatic rings. The van der Waals surface area contributed by atoms with Gasteiger partial charge in [-0.25, -0.2) is 4.79 Å². The quantitative estimate of drug-likeness (QED) is 0.887. The molecule has 0 amide bonds. The summed E-state index contributed by atoms with van der Waals surface area (Å²) >= 11 is 1.58. The maximum Gasteiger partial charge on any atom is 0.336 e. The summed E-state index contributed by atoms with van der Waals surface area (Å²) in [6, 6.07) is 5.36. The summed E-state index contributed by atoms with van der Waals surface area (Å²) in [4.78, 5) is 16.2. The Morgan fingerprint density at radius 1 is 1.50 bits per heavy atom. The number of carboxylic acids is 1. The Hall–Kier alpha value is -1.88. The number of aromatic nitrogens is 1. The van der Waals surface area contributed by atoms with Gasteiger partial charge in [0.1, 0.15) is 0 Å². The van der Waals surface area contributed by atoms with Crippen LogP contribution in [0.5, 0.6) is 0 Å². The van der Waals surface area contributed by atoms with E-state index < -0.39 is 5.97 Å². The summed E-state index contributed by atoms with van der Waals surface area (Å²) < 4.78 is 0. The number of carbonyl (C=O) groups is 1. The normalized spacial score (nSPS) is 12.1. The van der Waals surface area contributed by atoms with Gasteiger partial charge in [0.2, 0.25) is 0 Å². The number of nitrogens with zero attached hydrogens (tertiary/aromatic N) is 1. The van der Waals surface area contributed by atoms with Crippen molar-refractivity contribution in [3.05, 3.63) is 45.9 Å². The smallest absolute Gasteiger partial charge is 0.336 e. The third-order valence-electron chi connectivity index (χ3n) is 2.81. The van der Waals surface area contributed by atoms with Crippen molar-refractivity contribution in [3.63, 3.8) is 0 Å². The van der Waals surface area contributed by atoms with Gasteiger partial charge in [-0.1, -0.05) is 6.07 Å². The summed E-state index contributed by atoms with van der Waals surface area (Å²) in [6.45, 7) is 3.84. The molecule has 1 aromatic heterocycles. The van der Waals surface area contributed by atoms with E-state index in [2.05, 4.69) is 10.3 Å². The van der Waals surface area contributed by atoms with Gasteiger partial charge in [0.15, 0.2) is 0 Å². The van der Waals surface area contributed by atoms with Crippen LogP contribution in [0.1, 0.15) is 33.8 Å². The fourth-order valence-electron chi connectivity index (χ4n) is 1.77. The van der Waals surface area contributed by atoms with Gasteiger partial charge >= 0.3 is 5.97 Å². The zero-order chi connectivity index (χ0) is 13.1. The molecule has 1 atom stereocenters. The minimum atomic E-state index is -0.901. The van der Waals surface area contributed by atoms with Crippen LogP contribution in [0.25, 0.3) is 0 Å². The molecular formula is C13H14N2O2S. The van der Waals surface area contributed by atoms with Crippen LogP contribution in [0, 0.1) is 6.92 Å². The van der Waals surface area contributed by atoms with Crippen molar-refractivity contribution >= 4 is 23.0 Å². The summed E-state index contributed by atoms with van der Waals surface area (Å²) in [7, 11) is 0. The highest BCUT2D eigenvalue weighted by molar-refractivity contribution is 7.09. The van der Waals surface area contributed by atoms with E-state index >= 15 is 0 Å². The van der Waals surface area contributed by atoms with Crippen LogP contribution < -0.4 is 5.32 Å². The molecule has 0 radical (unpaired) electrons. The predicted octanol–water partition coefficient (Wildman–Crippen LogP) is 3.32. The molecule has 0 spiro atoms. The van der Waals surface area contributed by atoms with E-state index in [0.717, 1.165) is 16.1 Å². The summed E-state index contributed by atoms with van der Waals surface area (Å²) in [5.41, 5.74) is 3.71. The van der Waals surface area contributed by atoms with E-state index in [-0.39, 0.29) is 6.04 Å². The Balaban J connectivity index is 2.24. The van der Waals surface area contributed by atoms with Crippen molar-refractivity contribution in [2.75, 3.05) is 5.32 Å². The fraction of sp³-hybridized carbons (Fsp3) is 0.231. The second-order valence-corrected chi connectivity index (χ2v) is 4.97. The van der Waals surface area contributed by atoms with Crippen LogP contribution in [0.4, 0.5) is 5.69 Å². The second-order valence-electron chi connectivity index (χ2n) is 4.05. The van der Waals surface area contributed by atoms with Gasteiger partial charge in [-0.05, 0) is 31.5 Å². The number of benzene rings is 1. The van der Waals surface area contributed by atoms with Gasteiger partial charge in [0.05, 0.1) is 17.1 Å². The van der Waals surface area contributed by atoms with E-state index in [1.54, 1.807) is 29.0 Å². The Bertz CT molecular complexity index is 552. The first-order valence-corrected chi connectivity index (χ1v) is 6.45. The van der Waals surface area contributed by atoms with Crippen LogP contribution in [-0.2, 0) is 0 Å². The molecule has 94 valence electrons. The van der Waals surface area contributed by atoms with E-state index in [0.29, 0.717) is 5.56 Å². The lowest BCUT2D eigenvalue weighted by Gasteiger charge is -2.16. The Morgan fingerprint density at radius 2 is 2.28 bits per heavy atom. The Labute approximate surface area is 109 Å². The summed E-state index contributed by atoms with van der Waals surface area (Å²) in [5, 5.41) is 12.4. The largest absolute Gasteiger partial charge is 0.478 e. The van der Waals surface area contributed by atoms with Gasteiger partial charge in [-0.2, -0.15) is 0 Å². The van der Waals surface area contributed by atoms with E-state index in [9.17, 15) is 4.79 Å². The van der Waals surface area contributed by atoms with Crippen LogP contribution >= 0.6 is 11.3 Å². The number of hydrogen-bond donors (Lipinski definition) is 2. The molecule has 5 heteroatoms. The van der Waals surface area contributed by atoms with Crippen molar-refractivity contribution in [1.29, 1.82) is 0 Å². The fourth-order valence-corrected chi connectivity index (χ4v) is 2.40. The highest BCUT2D eigenvalue weighted by Crippen LogP contribution is 2.25. The lowest BCUT2D eigenvalue weighted by atomic mass is 10.1. The predicted molar refractivity (Wildman–Crippen MR) is 72.3 cm³/mol. The highest BCUT2D eigenvalue weighted by atomic mass is 32.1. The number of aromatic carboxylic acids is 1. The molecule has 0 saturated carbocycles. The molecule has 1 aromatic carbocycles. The average Bonchev–Trinajstić information content (AvgIpc) is 2.85. The van der Waals surface area contributed by atoms with Crippen molar-refractivity contribution in [1.82, 2.24) is 4.98 Å². The van der Waals surface area contributed by atoms with Crippen molar-refractivity contribution < 1.29 is 9.90 Å². The Kier molecular flexibility index (Phi) is 3.62. The van der Waals surface area contributed by atoms with Crippen molar-refractivity contribution in [2.24, 2.45) is 0 Å². The van der Waals surface area contributed by atoms with Crippen LogP contribution in [0.3, 0.4) is 0 Å². The zero-order valence-corrected chi connectivity index (χ0v) is 11.0. The molecule has 1 heterocycles. The maximum absolute atomic E-state index is 11.1. The third kappa shape index (κ3) is 2.51. The molecule has 4 nitrogen and oxygen atoms in total. The molecule has 0 aliphatic carbocycles. The van der Waals surface area contributed by atoms with Crippen LogP contribution in [0.15, 0.2) is 29.9 Å². The molecule has 0 fully saturated rings. The van der Waals surface area contributed by atoms with Crippen molar-refractivity contribution in [2.45, 2.75) is 19.9 Å². The number of hydrogen-bond acceptors (Lipinski definition) is 4. The highest BCUT2D eigenvalue weighted by Gasteiger charge is 2.12. The lowest BCUT2D eigenvalue weighted by molar-refractivity contribution is 0.0696. The molecule has 0 saturated heterocycles. The third-order valence-corrected chi connectivity index (χ3v) is 3.77. The lowest BCUT2D eigenvalue weighted by Crippen LogP contribution is -2.08. The SMILES string of the molecule is Cc1c(NC(C)c2cncs2)cccc1C(=O)O. The first kappa shape index (κ1) is 12.6. The van der Waals surface area contributed by atoms with Gasteiger partial charge in [-0.3, -0.25) is 4.98 Å². The molecule has 0 aliphatic rings. The van der Waals surface area contributed by atoms with Gasteiger partial charge in [0, 0.05) is 16.8 Å². The monoisotopic (exact) mass is 262 g/mol. The van der Waals surface area contributed by atoms with Crippen LogP contribution in [0.2, 0.25) is 0 Å². The van der Waals surface area contributed by atoms with E-state index in [1.165, 1.54) is 0 Å². The number of nitrogens with one attached hydrogen (secondary N) is 1. The zero-order valence-electron chi connectivity index (χ0n) is 10.2.